The molecule has 0 fully saturated rings. The van der Waals surface area contributed by atoms with Crippen LogP contribution in [0.25, 0.3) is 0 Å². The summed E-state index contributed by atoms with van der Waals surface area (Å²) in [7, 11) is -9.91. The van der Waals surface area contributed by atoms with Crippen molar-refractivity contribution in [3.05, 3.63) is 0 Å². The van der Waals surface area contributed by atoms with Crippen molar-refractivity contribution in [2.24, 2.45) is 23.7 Å². The van der Waals surface area contributed by atoms with E-state index in [9.17, 15) is 43.2 Å². The number of aliphatic hydroxyl groups is 1. The maximum Gasteiger partial charge on any atom is 0.472 e. The number of carbonyl (C=O) groups is 4. The minimum atomic E-state index is -4.96. The molecule has 0 aliphatic carbocycles. The van der Waals surface area contributed by atoms with E-state index in [4.69, 9.17) is 37.0 Å². The summed E-state index contributed by atoms with van der Waals surface area (Å²) in [4.78, 5) is 72.8. The SMILES string of the molecule is CC(C)CCCCCCCCCCCCCCCCCCC(=O)OC[C@H](COP(=O)(O)OC[C@@H](O)COP(=O)(O)OC[C@@H](COC(=O)CCCCCCCCC(C)C)OC(=O)CCCCCCCCCCCC(C)C)OC(=O)CCCCCCCCCCCCCCC(C)C. The Morgan fingerprint density at radius 1 is 0.263 bits per heavy atom. The molecule has 0 heterocycles. The predicted molar refractivity (Wildman–Crippen MR) is 386 cm³/mol. The van der Waals surface area contributed by atoms with Gasteiger partial charge in [0.1, 0.15) is 19.3 Å². The molecule has 0 saturated heterocycles. The molecule has 0 saturated carbocycles. The number of phosphoric acid groups is 2. The number of aliphatic hydroxyl groups excluding tert-OH is 1. The molecule has 0 aliphatic rings. The molecular weight excluding hydrogens is 1250 g/mol. The number of phosphoric ester groups is 2. The summed E-state index contributed by atoms with van der Waals surface area (Å²) in [5, 5.41) is 10.6. The summed E-state index contributed by atoms with van der Waals surface area (Å²) in [6, 6.07) is 0. The van der Waals surface area contributed by atoms with Crippen molar-refractivity contribution in [3.8, 4) is 0 Å². The highest BCUT2D eigenvalue weighted by atomic mass is 31.2. The minimum Gasteiger partial charge on any atom is -0.462 e. The van der Waals surface area contributed by atoms with Gasteiger partial charge in [0, 0.05) is 25.7 Å². The molecule has 5 atom stereocenters. The van der Waals surface area contributed by atoms with E-state index in [1.807, 2.05) is 0 Å². The van der Waals surface area contributed by atoms with Gasteiger partial charge in [-0.1, -0.05) is 331 Å². The van der Waals surface area contributed by atoms with Crippen LogP contribution in [0.1, 0.15) is 383 Å². The first-order valence-corrected chi connectivity index (χ1v) is 42.2. The lowest BCUT2D eigenvalue weighted by molar-refractivity contribution is -0.161. The van der Waals surface area contributed by atoms with Gasteiger partial charge >= 0.3 is 39.5 Å². The van der Waals surface area contributed by atoms with E-state index in [-0.39, 0.29) is 25.7 Å². The van der Waals surface area contributed by atoms with E-state index in [1.165, 1.54) is 180 Å². The van der Waals surface area contributed by atoms with Crippen LogP contribution in [0.4, 0.5) is 0 Å². The number of esters is 4. The predicted octanol–water partition coefficient (Wildman–Crippen LogP) is 22.0. The summed E-state index contributed by atoms with van der Waals surface area (Å²) in [5.41, 5.74) is 0. The number of unbranched alkanes of at least 4 members (excludes halogenated alkanes) is 39. The van der Waals surface area contributed by atoms with Crippen molar-refractivity contribution in [2.45, 2.75) is 401 Å². The summed E-state index contributed by atoms with van der Waals surface area (Å²) in [5.74, 6) is 0.882. The first-order chi connectivity index (χ1) is 45.6. The molecule has 95 heavy (non-hydrogen) atoms. The second kappa shape index (κ2) is 65.4. The van der Waals surface area contributed by atoms with Crippen LogP contribution in [0.2, 0.25) is 0 Å². The fourth-order valence-corrected chi connectivity index (χ4v) is 13.1. The van der Waals surface area contributed by atoms with Gasteiger partial charge in [-0.25, -0.2) is 9.13 Å². The number of rotatable bonds is 73. The topological polar surface area (TPSA) is 237 Å². The molecule has 2 unspecified atom stereocenters. The molecule has 564 valence electrons. The highest BCUT2D eigenvalue weighted by Gasteiger charge is 2.30. The molecule has 19 heteroatoms. The smallest absolute Gasteiger partial charge is 0.462 e. The van der Waals surface area contributed by atoms with Crippen LogP contribution in [0.3, 0.4) is 0 Å². The highest BCUT2D eigenvalue weighted by molar-refractivity contribution is 7.47. The average Bonchev–Trinajstić information content (AvgIpc) is 1.53. The van der Waals surface area contributed by atoms with E-state index in [2.05, 4.69) is 55.4 Å². The Bertz CT molecular complexity index is 1870. The van der Waals surface area contributed by atoms with Gasteiger partial charge in [-0.3, -0.25) is 37.3 Å². The molecule has 0 aromatic carbocycles. The third kappa shape index (κ3) is 70.3. The van der Waals surface area contributed by atoms with Gasteiger partial charge in [-0.2, -0.15) is 0 Å². The first-order valence-electron chi connectivity index (χ1n) is 39.2. The standard InChI is InChI=1S/C76H148O17P2/c1-66(2)52-44-36-28-22-17-13-11-9-10-12-14-19-25-31-40-48-56-73(78)86-62-71(92-75(80)58-50-42-32-26-20-16-15-18-23-29-37-45-53-67(3)4)64-90-94(82,83)88-60-70(77)61-89-95(84,85)91-65-72(63-87-74(79)57-49-41-35-34-39-47-55-69(7)8)93-76(81)59-51-43-33-27-21-24-30-38-46-54-68(5)6/h66-72,77H,9-65H2,1-8H3,(H,82,83)(H,84,85)/t70-,71-,72-/m1/s1. The number of hydrogen-bond acceptors (Lipinski definition) is 15. The van der Waals surface area contributed by atoms with Gasteiger partial charge in [-0.15, -0.1) is 0 Å². The lowest BCUT2D eigenvalue weighted by atomic mass is 10.0. The van der Waals surface area contributed by atoms with E-state index in [0.29, 0.717) is 31.6 Å². The van der Waals surface area contributed by atoms with Crippen molar-refractivity contribution in [2.75, 3.05) is 39.6 Å². The quantitative estimate of drug-likeness (QED) is 0.0222. The van der Waals surface area contributed by atoms with Crippen LogP contribution in [-0.2, 0) is 65.4 Å². The van der Waals surface area contributed by atoms with Crippen LogP contribution in [-0.4, -0.2) is 96.7 Å². The lowest BCUT2D eigenvalue weighted by Gasteiger charge is -2.21. The van der Waals surface area contributed by atoms with Gasteiger partial charge in [0.2, 0.25) is 0 Å². The van der Waals surface area contributed by atoms with Gasteiger partial charge in [0.05, 0.1) is 26.4 Å². The maximum atomic E-state index is 13.1. The first kappa shape index (κ1) is 93.1. The Labute approximate surface area is 581 Å². The van der Waals surface area contributed by atoms with Crippen molar-refractivity contribution in [1.29, 1.82) is 0 Å². The summed E-state index contributed by atoms with van der Waals surface area (Å²) in [6.45, 7) is 14.1. The number of ether oxygens (including phenoxy) is 4. The Morgan fingerprint density at radius 3 is 0.653 bits per heavy atom. The summed E-state index contributed by atoms with van der Waals surface area (Å²) >= 11 is 0. The van der Waals surface area contributed by atoms with Crippen LogP contribution in [0, 0.1) is 23.7 Å². The van der Waals surface area contributed by atoms with Gasteiger partial charge in [0.15, 0.2) is 12.2 Å². The monoisotopic (exact) mass is 1400 g/mol. The van der Waals surface area contributed by atoms with E-state index in [0.717, 1.165) is 114 Å². The van der Waals surface area contributed by atoms with Gasteiger partial charge in [-0.05, 0) is 49.4 Å². The molecule has 0 spiro atoms. The third-order valence-electron chi connectivity index (χ3n) is 17.6. The molecule has 0 aliphatic heterocycles. The Morgan fingerprint density at radius 2 is 0.442 bits per heavy atom. The van der Waals surface area contributed by atoms with Gasteiger partial charge in [0.25, 0.3) is 0 Å². The molecule has 17 nitrogen and oxygen atoms in total. The van der Waals surface area contributed by atoms with E-state index < -0.39 is 97.5 Å². The van der Waals surface area contributed by atoms with Crippen molar-refractivity contribution in [3.63, 3.8) is 0 Å². The zero-order valence-corrected chi connectivity index (χ0v) is 64.1. The molecule has 0 bridgehead atoms. The zero-order valence-electron chi connectivity index (χ0n) is 62.3. The summed E-state index contributed by atoms with van der Waals surface area (Å²) < 4.78 is 68.5. The van der Waals surface area contributed by atoms with Crippen molar-refractivity contribution < 1.29 is 80.2 Å². The molecule has 0 radical (unpaired) electrons. The second-order valence-electron chi connectivity index (χ2n) is 29.3. The third-order valence-corrected chi connectivity index (χ3v) is 19.5. The fraction of sp³-hybridized carbons (Fsp3) is 0.947. The molecule has 0 aromatic rings. The minimum absolute atomic E-state index is 0.104. The molecule has 3 N–H and O–H groups in total. The lowest BCUT2D eigenvalue weighted by Crippen LogP contribution is -2.30. The molecule has 0 rings (SSSR count). The average molecular weight is 1400 g/mol. The maximum absolute atomic E-state index is 13.1. The van der Waals surface area contributed by atoms with E-state index in [1.54, 1.807) is 0 Å². The highest BCUT2D eigenvalue weighted by Crippen LogP contribution is 2.45. The van der Waals surface area contributed by atoms with Crippen LogP contribution in [0.15, 0.2) is 0 Å². The Balaban J connectivity index is 5.22. The number of hydrogen-bond donors (Lipinski definition) is 3. The van der Waals surface area contributed by atoms with Gasteiger partial charge < -0.3 is 33.8 Å². The van der Waals surface area contributed by atoms with E-state index >= 15 is 0 Å². The van der Waals surface area contributed by atoms with Crippen LogP contribution >= 0.6 is 15.6 Å². The van der Waals surface area contributed by atoms with Crippen LogP contribution < -0.4 is 0 Å². The molecule has 0 amide bonds. The van der Waals surface area contributed by atoms with Crippen molar-refractivity contribution >= 4 is 39.5 Å². The Hall–Kier alpha value is -1.94. The largest absolute Gasteiger partial charge is 0.472 e. The fourth-order valence-electron chi connectivity index (χ4n) is 11.6. The summed E-state index contributed by atoms with van der Waals surface area (Å²) in [6.07, 6.45) is 50.2. The van der Waals surface area contributed by atoms with Crippen molar-refractivity contribution in [1.82, 2.24) is 0 Å². The molecular formula is C76H148O17P2. The Kier molecular flexibility index (Phi) is 64.0. The van der Waals surface area contributed by atoms with Crippen LogP contribution in [0.5, 0.6) is 0 Å². The normalized spacial score (nSPS) is 14.1. The second-order valence-corrected chi connectivity index (χ2v) is 32.2. The number of carbonyl (C=O) groups excluding carboxylic acids is 4. The zero-order chi connectivity index (χ0) is 70.3. The molecule has 0 aromatic heterocycles.